The van der Waals surface area contributed by atoms with Crippen LogP contribution in [0.4, 0.5) is 4.39 Å². The Labute approximate surface area is 200 Å². The van der Waals surface area contributed by atoms with Crippen LogP contribution >= 0.6 is 0 Å². The lowest BCUT2D eigenvalue weighted by Gasteiger charge is -2.35. The first kappa shape index (κ1) is 24.3. The summed E-state index contributed by atoms with van der Waals surface area (Å²) in [6.45, 7) is 8.15. The van der Waals surface area contributed by atoms with E-state index < -0.39 is 6.10 Å². The Balaban J connectivity index is 1.44. The monoisotopic (exact) mass is 472 g/mol. The van der Waals surface area contributed by atoms with Crippen molar-refractivity contribution in [3.05, 3.63) is 53.3 Å². The molecule has 1 fully saturated rings. The lowest BCUT2D eigenvalue weighted by molar-refractivity contribution is -0.151. The van der Waals surface area contributed by atoms with E-state index in [1.807, 2.05) is 23.1 Å². The van der Waals surface area contributed by atoms with Crippen LogP contribution < -0.4 is 14.2 Å². The molecule has 8 heteroatoms. The third-order valence-corrected chi connectivity index (χ3v) is 5.95. The first-order valence-electron chi connectivity index (χ1n) is 11.8. The molecule has 184 valence electrons. The number of methoxy groups -OCH3 is 1. The third-order valence-electron chi connectivity index (χ3n) is 5.95. The molecule has 0 aliphatic carbocycles. The zero-order valence-corrected chi connectivity index (χ0v) is 20.1. The molecule has 2 aliphatic heterocycles. The molecule has 0 radical (unpaired) electrons. The fourth-order valence-electron chi connectivity index (χ4n) is 4.32. The summed E-state index contributed by atoms with van der Waals surface area (Å²) < 4.78 is 36.8. The number of morpholine rings is 1. The van der Waals surface area contributed by atoms with Gasteiger partial charge in [-0.3, -0.25) is 9.69 Å². The standard InChI is InChI=1S/C26H33FN2O5/c1-18(2)14-29(15-19-4-7-23-24(12-19)34-11-10-33-23)26(30)25-17-28(8-9-32-25)16-20-13-21(31-3)5-6-22(20)27/h4-7,12-13,18,25H,8-11,14-17H2,1-3H3. The highest BCUT2D eigenvalue weighted by molar-refractivity contribution is 5.81. The van der Waals surface area contributed by atoms with Crippen molar-refractivity contribution in [1.29, 1.82) is 0 Å². The molecular weight excluding hydrogens is 439 g/mol. The van der Waals surface area contributed by atoms with Crippen LogP contribution in [0.5, 0.6) is 17.2 Å². The van der Waals surface area contributed by atoms with E-state index in [9.17, 15) is 9.18 Å². The molecule has 7 nitrogen and oxygen atoms in total. The second-order valence-electron chi connectivity index (χ2n) is 9.14. The van der Waals surface area contributed by atoms with E-state index in [0.29, 0.717) is 75.5 Å². The average Bonchev–Trinajstić information content (AvgIpc) is 2.84. The molecular formula is C26H33FN2O5. The van der Waals surface area contributed by atoms with E-state index in [4.69, 9.17) is 18.9 Å². The van der Waals surface area contributed by atoms with E-state index in [1.165, 1.54) is 6.07 Å². The van der Waals surface area contributed by atoms with Crippen LogP contribution in [-0.2, 0) is 22.6 Å². The molecule has 1 unspecified atom stereocenters. The number of ether oxygens (including phenoxy) is 4. The molecule has 1 atom stereocenters. The van der Waals surface area contributed by atoms with Gasteiger partial charge in [-0.2, -0.15) is 0 Å². The van der Waals surface area contributed by atoms with Crippen molar-refractivity contribution in [3.63, 3.8) is 0 Å². The number of nitrogens with zero attached hydrogens (tertiary/aromatic N) is 2. The number of rotatable bonds is 8. The molecule has 34 heavy (non-hydrogen) atoms. The maximum Gasteiger partial charge on any atom is 0.253 e. The molecule has 0 aromatic heterocycles. The predicted octanol–water partition coefficient (Wildman–Crippen LogP) is 3.49. The Hall–Kier alpha value is -2.84. The van der Waals surface area contributed by atoms with Crippen LogP contribution in [0.15, 0.2) is 36.4 Å². The summed E-state index contributed by atoms with van der Waals surface area (Å²) in [7, 11) is 1.56. The van der Waals surface area contributed by atoms with Gasteiger partial charge in [0, 0.05) is 38.3 Å². The molecule has 1 saturated heterocycles. The van der Waals surface area contributed by atoms with Gasteiger partial charge in [-0.1, -0.05) is 19.9 Å². The van der Waals surface area contributed by atoms with Crippen molar-refractivity contribution >= 4 is 5.91 Å². The number of carbonyl (C=O) groups excluding carboxylic acids is 1. The van der Waals surface area contributed by atoms with Gasteiger partial charge in [0.15, 0.2) is 11.5 Å². The first-order valence-corrected chi connectivity index (χ1v) is 11.8. The molecule has 4 rings (SSSR count). The number of fused-ring (bicyclic) bond motifs is 1. The quantitative estimate of drug-likeness (QED) is 0.586. The van der Waals surface area contributed by atoms with Crippen molar-refractivity contribution in [2.75, 3.05) is 46.6 Å². The summed E-state index contributed by atoms with van der Waals surface area (Å²) >= 11 is 0. The Bertz CT molecular complexity index is 999. The van der Waals surface area contributed by atoms with Gasteiger partial charge in [0.1, 0.15) is 30.9 Å². The molecule has 1 amide bonds. The lowest BCUT2D eigenvalue weighted by Crippen LogP contribution is -2.51. The topological polar surface area (TPSA) is 60.5 Å². The van der Waals surface area contributed by atoms with Crippen molar-refractivity contribution in [3.8, 4) is 17.2 Å². The number of benzene rings is 2. The minimum atomic E-state index is -0.599. The van der Waals surface area contributed by atoms with Crippen molar-refractivity contribution in [2.24, 2.45) is 5.92 Å². The highest BCUT2D eigenvalue weighted by atomic mass is 19.1. The normalized spacial score (nSPS) is 18.1. The Morgan fingerprint density at radius 1 is 1.15 bits per heavy atom. The zero-order chi connectivity index (χ0) is 24.1. The largest absolute Gasteiger partial charge is 0.497 e. The molecule has 0 spiro atoms. The summed E-state index contributed by atoms with van der Waals surface area (Å²) in [6.07, 6.45) is -0.599. The number of hydrogen-bond acceptors (Lipinski definition) is 6. The van der Waals surface area contributed by atoms with E-state index in [1.54, 1.807) is 19.2 Å². The van der Waals surface area contributed by atoms with Gasteiger partial charge < -0.3 is 23.8 Å². The van der Waals surface area contributed by atoms with Crippen molar-refractivity contribution in [1.82, 2.24) is 9.80 Å². The van der Waals surface area contributed by atoms with Gasteiger partial charge in [-0.15, -0.1) is 0 Å². The summed E-state index contributed by atoms with van der Waals surface area (Å²) in [4.78, 5) is 17.4. The Morgan fingerprint density at radius 2 is 1.94 bits per heavy atom. The highest BCUT2D eigenvalue weighted by Crippen LogP contribution is 2.31. The van der Waals surface area contributed by atoms with Crippen LogP contribution in [0, 0.1) is 11.7 Å². The molecule has 0 saturated carbocycles. The van der Waals surface area contributed by atoms with Gasteiger partial charge in [-0.25, -0.2) is 4.39 Å². The summed E-state index contributed by atoms with van der Waals surface area (Å²) in [6, 6.07) is 10.5. The molecule has 0 bridgehead atoms. The van der Waals surface area contributed by atoms with Crippen LogP contribution in [0.2, 0.25) is 0 Å². The van der Waals surface area contributed by atoms with E-state index in [-0.39, 0.29) is 11.7 Å². The Kier molecular flexibility index (Phi) is 7.90. The fourth-order valence-corrected chi connectivity index (χ4v) is 4.32. The lowest BCUT2D eigenvalue weighted by atomic mass is 10.1. The minimum Gasteiger partial charge on any atom is -0.497 e. The summed E-state index contributed by atoms with van der Waals surface area (Å²) in [5.74, 6) is 2.01. The van der Waals surface area contributed by atoms with Gasteiger partial charge in [0.2, 0.25) is 0 Å². The maximum atomic E-state index is 14.3. The second kappa shape index (κ2) is 11.1. The van der Waals surface area contributed by atoms with Crippen LogP contribution in [-0.4, -0.2) is 68.4 Å². The molecule has 2 aromatic carbocycles. The number of halogens is 1. The van der Waals surface area contributed by atoms with Gasteiger partial charge >= 0.3 is 0 Å². The predicted molar refractivity (Wildman–Crippen MR) is 126 cm³/mol. The summed E-state index contributed by atoms with van der Waals surface area (Å²) in [5.41, 5.74) is 1.52. The van der Waals surface area contributed by atoms with Crippen LogP contribution in [0.1, 0.15) is 25.0 Å². The molecule has 0 N–H and O–H groups in total. The number of amides is 1. The Morgan fingerprint density at radius 3 is 2.71 bits per heavy atom. The van der Waals surface area contributed by atoms with Crippen LogP contribution in [0.25, 0.3) is 0 Å². The molecule has 2 aromatic rings. The number of carbonyl (C=O) groups is 1. The first-order chi connectivity index (χ1) is 16.4. The summed E-state index contributed by atoms with van der Waals surface area (Å²) in [5, 5.41) is 0. The van der Waals surface area contributed by atoms with Gasteiger partial charge in [0.25, 0.3) is 5.91 Å². The maximum absolute atomic E-state index is 14.3. The molecule has 2 heterocycles. The third kappa shape index (κ3) is 5.98. The SMILES string of the molecule is COc1ccc(F)c(CN2CCOC(C(=O)N(Cc3ccc4c(c3)OCCO4)CC(C)C)C2)c1. The van der Waals surface area contributed by atoms with Crippen molar-refractivity contribution in [2.45, 2.75) is 33.0 Å². The smallest absolute Gasteiger partial charge is 0.253 e. The van der Waals surface area contributed by atoms with Gasteiger partial charge in [-0.05, 0) is 41.8 Å². The molecule has 2 aliphatic rings. The fraction of sp³-hybridized carbons (Fsp3) is 0.500. The zero-order valence-electron chi connectivity index (χ0n) is 20.1. The minimum absolute atomic E-state index is 0.0561. The van der Waals surface area contributed by atoms with E-state index in [2.05, 4.69) is 18.7 Å². The van der Waals surface area contributed by atoms with E-state index in [0.717, 1.165) is 11.3 Å². The number of hydrogen-bond donors (Lipinski definition) is 0. The van der Waals surface area contributed by atoms with Gasteiger partial charge in [0.05, 0.1) is 13.7 Å². The van der Waals surface area contributed by atoms with Crippen LogP contribution in [0.3, 0.4) is 0 Å². The second-order valence-corrected chi connectivity index (χ2v) is 9.14. The van der Waals surface area contributed by atoms with E-state index >= 15 is 0 Å². The average molecular weight is 473 g/mol. The highest BCUT2D eigenvalue weighted by Gasteiger charge is 2.31. The van der Waals surface area contributed by atoms with Crippen molar-refractivity contribution < 1.29 is 28.1 Å².